The van der Waals surface area contributed by atoms with Gasteiger partial charge in [-0.1, -0.05) is 6.07 Å². The number of carboxylic acid groups (broad SMARTS) is 1. The third-order valence-corrected chi connectivity index (χ3v) is 3.98. The molecule has 2 N–H and O–H groups in total. The van der Waals surface area contributed by atoms with Gasteiger partial charge in [-0.3, -0.25) is 4.90 Å². The Kier molecular flexibility index (Phi) is 3.29. The second kappa shape index (κ2) is 5.00. The van der Waals surface area contributed by atoms with Crippen LogP contribution in [-0.4, -0.2) is 52.3 Å². The minimum absolute atomic E-state index is 0.0169. The number of aliphatic hydroxyl groups excluding tert-OH is 1. The summed E-state index contributed by atoms with van der Waals surface area (Å²) in [4.78, 5) is 26.3. The van der Waals surface area contributed by atoms with E-state index in [1.807, 2.05) is 0 Å². The number of nitrogens with zero attached hydrogens (tertiary/aromatic N) is 2. The molecule has 1 aromatic carbocycles. The second-order valence-electron chi connectivity index (χ2n) is 5.35. The number of aliphatic carboxylic acids is 1. The maximum absolute atomic E-state index is 13.4. The van der Waals surface area contributed by atoms with Crippen molar-refractivity contribution in [2.75, 3.05) is 18.0 Å². The van der Waals surface area contributed by atoms with Crippen molar-refractivity contribution in [2.24, 2.45) is 0 Å². The summed E-state index contributed by atoms with van der Waals surface area (Å²) < 4.78 is 13.4. The van der Waals surface area contributed by atoms with Crippen LogP contribution >= 0.6 is 0 Å². The number of urea groups is 1. The number of hydrogen-bond acceptors (Lipinski definition) is 3. The number of carbonyl (C=O) groups excluding carboxylic acids is 1. The van der Waals surface area contributed by atoms with E-state index in [2.05, 4.69) is 0 Å². The molecule has 1 saturated heterocycles. The molecule has 7 heteroatoms. The third-order valence-electron chi connectivity index (χ3n) is 3.98. The number of carbonyl (C=O) groups is 2. The molecular formula is C14H15FN2O4. The van der Waals surface area contributed by atoms with E-state index in [1.165, 1.54) is 17.0 Å². The summed E-state index contributed by atoms with van der Waals surface area (Å²) in [5.41, 5.74) is 1.34. The van der Waals surface area contributed by atoms with Crippen LogP contribution in [0, 0.1) is 5.82 Å². The molecule has 0 saturated carbocycles. The van der Waals surface area contributed by atoms with Gasteiger partial charge in [-0.25, -0.2) is 14.0 Å². The minimum atomic E-state index is -1.14. The van der Waals surface area contributed by atoms with Crippen LogP contribution in [0.15, 0.2) is 18.2 Å². The Balaban J connectivity index is 1.87. The molecule has 2 unspecified atom stereocenters. The molecule has 1 fully saturated rings. The average Bonchev–Trinajstić information content (AvgIpc) is 3.01. The standard InChI is InChI=1S/C14H15FN2O4/c15-9-2-1-8-3-4-16(11(8)5-9)14(21)17-7-10(18)6-12(17)13(19)20/h1-2,5,10,12,18H,3-4,6-7H2,(H,19,20). The average molecular weight is 294 g/mol. The van der Waals surface area contributed by atoms with Gasteiger partial charge in [0.05, 0.1) is 11.8 Å². The number of benzene rings is 1. The molecule has 0 aliphatic carbocycles. The number of halogens is 1. The smallest absolute Gasteiger partial charge is 0.326 e. The number of β-amino-alcohol motifs (C(OH)–C–C–N with tert-alkyl or cyclic N) is 1. The lowest BCUT2D eigenvalue weighted by Gasteiger charge is -2.27. The van der Waals surface area contributed by atoms with Crippen LogP contribution in [-0.2, 0) is 11.2 Å². The molecule has 1 aromatic rings. The molecule has 0 bridgehead atoms. The highest BCUT2D eigenvalue weighted by atomic mass is 19.1. The second-order valence-corrected chi connectivity index (χ2v) is 5.35. The van der Waals surface area contributed by atoms with Gasteiger partial charge < -0.3 is 15.1 Å². The van der Waals surface area contributed by atoms with Crippen molar-refractivity contribution < 1.29 is 24.2 Å². The quantitative estimate of drug-likeness (QED) is 0.804. The molecule has 6 nitrogen and oxygen atoms in total. The van der Waals surface area contributed by atoms with Crippen molar-refractivity contribution in [3.8, 4) is 0 Å². The first kappa shape index (κ1) is 13.8. The van der Waals surface area contributed by atoms with E-state index in [4.69, 9.17) is 5.11 Å². The molecule has 2 heterocycles. The van der Waals surface area contributed by atoms with Crippen molar-refractivity contribution in [2.45, 2.75) is 25.0 Å². The summed E-state index contributed by atoms with van der Waals surface area (Å²) in [6, 6.07) is 2.72. The maximum Gasteiger partial charge on any atom is 0.326 e. The van der Waals surface area contributed by atoms with Crippen molar-refractivity contribution in [3.05, 3.63) is 29.6 Å². The highest BCUT2D eigenvalue weighted by Crippen LogP contribution is 2.31. The van der Waals surface area contributed by atoms with E-state index in [9.17, 15) is 19.1 Å². The van der Waals surface area contributed by atoms with E-state index >= 15 is 0 Å². The number of rotatable bonds is 1. The molecule has 21 heavy (non-hydrogen) atoms. The van der Waals surface area contributed by atoms with E-state index in [0.29, 0.717) is 18.7 Å². The first-order chi connectivity index (χ1) is 9.97. The Morgan fingerprint density at radius 3 is 2.81 bits per heavy atom. The number of carboxylic acids is 1. The van der Waals surface area contributed by atoms with Crippen LogP contribution in [0.3, 0.4) is 0 Å². The number of hydrogen-bond donors (Lipinski definition) is 2. The monoisotopic (exact) mass is 294 g/mol. The molecule has 2 amide bonds. The first-order valence-electron chi connectivity index (χ1n) is 6.75. The van der Waals surface area contributed by atoms with Gasteiger partial charge in [0.15, 0.2) is 0 Å². The Hall–Kier alpha value is -2.15. The van der Waals surface area contributed by atoms with Crippen LogP contribution in [0.1, 0.15) is 12.0 Å². The topological polar surface area (TPSA) is 81.1 Å². The Morgan fingerprint density at radius 2 is 2.10 bits per heavy atom. The first-order valence-corrected chi connectivity index (χ1v) is 6.75. The van der Waals surface area contributed by atoms with Gasteiger partial charge in [-0.2, -0.15) is 0 Å². The zero-order valence-corrected chi connectivity index (χ0v) is 11.2. The lowest BCUT2D eigenvalue weighted by molar-refractivity contribution is -0.141. The highest BCUT2D eigenvalue weighted by Gasteiger charge is 2.42. The Bertz CT molecular complexity index is 607. The lowest BCUT2D eigenvalue weighted by atomic mass is 10.2. The van der Waals surface area contributed by atoms with E-state index in [0.717, 1.165) is 10.5 Å². The number of aliphatic hydroxyl groups is 1. The molecule has 0 spiro atoms. The maximum atomic E-state index is 13.4. The predicted molar refractivity (Wildman–Crippen MR) is 71.6 cm³/mol. The van der Waals surface area contributed by atoms with Gasteiger partial charge >= 0.3 is 12.0 Å². The normalized spacial score (nSPS) is 24.3. The van der Waals surface area contributed by atoms with Crippen molar-refractivity contribution in [1.82, 2.24) is 4.90 Å². The largest absolute Gasteiger partial charge is 0.480 e. The molecule has 2 atom stereocenters. The molecule has 0 aromatic heterocycles. The lowest BCUT2D eigenvalue weighted by Crippen LogP contribution is -2.47. The fourth-order valence-electron chi connectivity index (χ4n) is 2.97. The minimum Gasteiger partial charge on any atom is -0.480 e. The Morgan fingerprint density at radius 1 is 1.33 bits per heavy atom. The summed E-state index contributed by atoms with van der Waals surface area (Å²) in [7, 11) is 0. The number of likely N-dealkylation sites (tertiary alicyclic amines) is 1. The van der Waals surface area contributed by atoms with Crippen LogP contribution in [0.25, 0.3) is 0 Å². The van der Waals surface area contributed by atoms with Crippen molar-refractivity contribution >= 4 is 17.7 Å². The zero-order chi connectivity index (χ0) is 15.1. The molecule has 2 aliphatic heterocycles. The summed E-state index contributed by atoms with van der Waals surface area (Å²) in [5, 5.41) is 18.8. The molecule has 112 valence electrons. The number of anilines is 1. The summed E-state index contributed by atoms with van der Waals surface area (Å²) in [6.45, 7) is 0.369. The predicted octanol–water partition coefficient (Wildman–Crippen LogP) is 0.828. The van der Waals surface area contributed by atoms with Gasteiger partial charge in [-0.15, -0.1) is 0 Å². The van der Waals surface area contributed by atoms with E-state index in [1.54, 1.807) is 6.07 Å². The van der Waals surface area contributed by atoms with Crippen LogP contribution in [0.5, 0.6) is 0 Å². The summed E-state index contributed by atoms with van der Waals surface area (Å²) >= 11 is 0. The number of amides is 2. The van der Waals surface area contributed by atoms with E-state index in [-0.39, 0.29) is 13.0 Å². The molecule has 2 aliphatic rings. The van der Waals surface area contributed by atoms with Gasteiger partial charge in [-0.05, 0) is 24.1 Å². The van der Waals surface area contributed by atoms with Crippen molar-refractivity contribution in [1.29, 1.82) is 0 Å². The molecule has 0 radical (unpaired) electrons. The van der Waals surface area contributed by atoms with Crippen LogP contribution in [0.2, 0.25) is 0 Å². The van der Waals surface area contributed by atoms with Crippen LogP contribution < -0.4 is 4.90 Å². The SMILES string of the molecule is O=C(O)C1CC(O)CN1C(=O)N1CCc2ccc(F)cc21. The summed E-state index contributed by atoms with van der Waals surface area (Å²) in [5.74, 6) is -1.58. The van der Waals surface area contributed by atoms with Crippen LogP contribution in [0.4, 0.5) is 14.9 Å². The molecular weight excluding hydrogens is 279 g/mol. The fraction of sp³-hybridized carbons (Fsp3) is 0.429. The Labute approximate surface area is 120 Å². The number of fused-ring (bicyclic) bond motifs is 1. The van der Waals surface area contributed by atoms with Gasteiger partial charge in [0.1, 0.15) is 11.9 Å². The van der Waals surface area contributed by atoms with Gasteiger partial charge in [0.2, 0.25) is 0 Å². The zero-order valence-electron chi connectivity index (χ0n) is 11.2. The third kappa shape index (κ3) is 2.33. The fourth-order valence-corrected chi connectivity index (χ4v) is 2.97. The van der Waals surface area contributed by atoms with Gasteiger partial charge in [0, 0.05) is 19.5 Å². The highest BCUT2D eigenvalue weighted by molar-refractivity contribution is 5.96. The van der Waals surface area contributed by atoms with Crippen molar-refractivity contribution in [3.63, 3.8) is 0 Å². The van der Waals surface area contributed by atoms with E-state index < -0.39 is 30.0 Å². The van der Waals surface area contributed by atoms with Gasteiger partial charge in [0.25, 0.3) is 0 Å². The molecule has 3 rings (SSSR count). The summed E-state index contributed by atoms with van der Waals surface area (Å²) in [6.07, 6.45) is -0.218.